The van der Waals surface area contributed by atoms with E-state index < -0.39 is 18.3 Å². The third kappa shape index (κ3) is 4.70. The van der Waals surface area contributed by atoms with Gasteiger partial charge in [-0.1, -0.05) is 0 Å². The van der Waals surface area contributed by atoms with Crippen molar-refractivity contribution in [2.24, 2.45) is 17.8 Å². The van der Waals surface area contributed by atoms with E-state index in [9.17, 15) is 15.3 Å². The van der Waals surface area contributed by atoms with Gasteiger partial charge in [0.1, 0.15) is 0 Å². The second kappa shape index (κ2) is 7.58. The maximum atomic E-state index is 10.4. The molecule has 5 heteroatoms. The van der Waals surface area contributed by atoms with Crippen molar-refractivity contribution < 1.29 is 20.1 Å². The Morgan fingerprint density at radius 3 is 1.75 bits per heavy atom. The summed E-state index contributed by atoms with van der Waals surface area (Å²) in [7, 11) is 0. The van der Waals surface area contributed by atoms with E-state index >= 15 is 0 Å². The first-order valence-electron chi connectivity index (χ1n) is 9.74. The number of ether oxygens (including phenoxy) is 1. The van der Waals surface area contributed by atoms with Crippen LogP contribution in [0.25, 0.3) is 0 Å². The van der Waals surface area contributed by atoms with E-state index in [1.165, 1.54) is 38.5 Å². The van der Waals surface area contributed by atoms with E-state index in [4.69, 9.17) is 4.74 Å². The van der Waals surface area contributed by atoms with Gasteiger partial charge in [0.15, 0.2) is 0 Å². The van der Waals surface area contributed by atoms with Gasteiger partial charge < -0.3 is 20.1 Å². The summed E-state index contributed by atoms with van der Waals surface area (Å²) >= 11 is 0. The van der Waals surface area contributed by atoms with Crippen LogP contribution in [0.2, 0.25) is 0 Å². The van der Waals surface area contributed by atoms with Gasteiger partial charge in [-0.3, -0.25) is 4.90 Å². The number of rotatable bonds is 9. The minimum atomic E-state index is -0.574. The Labute approximate surface area is 146 Å². The van der Waals surface area contributed by atoms with Gasteiger partial charge in [0.25, 0.3) is 0 Å². The molecule has 4 aliphatic rings. The van der Waals surface area contributed by atoms with Crippen molar-refractivity contribution in [3.63, 3.8) is 0 Å². The Morgan fingerprint density at radius 1 is 0.875 bits per heavy atom. The molecule has 5 nitrogen and oxygen atoms in total. The van der Waals surface area contributed by atoms with E-state index in [1.54, 1.807) is 13.8 Å². The van der Waals surface area contributed by atoms with E-state index in [0.717, 1.165) is 17.8 Å². The molecule has 0 aromatic carbocycles. The van der Waals surface area contributed by atoms with Crippen LogP contribution in [0.4, 0.5) is 0 Å². The lowest BCUT2D eigenvalue weighted by atomic mass is 9.54. The maximum absolute atomic E-state index is 10.4. The van der Waals surface area contributed by atoms with Crippen molar-refractivity contribution in [3.8, 4) is 0 Å². The minimum absolute atomic E-state index is 0.0229. The molecule has 0 radical (unpaired) electrons. The van der Waals surface area contributed by atoms with Crippen LogP contribution < -0.4 is 0 Å². The summed E-state index contributed by atoms with van der Waals surface area (Å²) in [4.78, 5) is 1.92. The van der Waals surface area contributed by atoms with Crippen molar-refractivity contribution in [1.82, 2.24) is 4.90 Å². The summed E-state index contributed by atoms with van der Waals surface area (Å²) in [5, 5.41) is 29.6. The van der Waals surface area contributed by atoms with Crippen LogP contribution in [-0.2, 0) is 4.74 Å². The fourth-order valence-electron chi connectivity index (χ4n) is 5.80. The quantitative estimate of drug-likeness (QED) is 0.591. The van der Waals surface area contributed by atoms with E-state index in [0.29, 0.717) is 26.2 Å². The SMILES string of the molecule is C[C@H](O)CN(C[C@H](O)COC12CC3CC(CC(C3)C1)C2)C[C@@H](C)O. The topological polar surface area (TPSA) is 73.2 Å². The Bertz CT molecular complexity index is 367. The largest absolute Gasteiger partial charge is 0.392 e. The molecule has 0 aliphatic heterocycles. The van der Waals surface area contributed by atoms with Crippen LogP contribution in [0.3, 0.4) is 0 Å². The summed E-state index contributed by atoms with van der Waals surface area (Å²) in [6.45, 7) is 5.17. The highest BCUT2D eigenvalue weighted by Gasteiger charge is 2.51. The van der Waals surface area contributed by atoms with Crippen LogP contribution in [-0.4, -0.2) is 70.4 Å². The van der Waals surface area contributed by atoms with Gasteiger partial charge in [0, 0.05) is 19.6 Å². The molecule has 0 aromatic rings. The Morgan fingerprint density at radius 2 is 1.33 bits per heavy atom. The van der Waals surface area contributed by atoms with Crippen molar-refractivity contribution in [2.45, 2.75) is 76.3 Å². The Kier molecular flexibility index (Phi) is 5.87. The van der Waals surface area contributed by atoms with Crippen LogP contribution in [0, 0.1) is 17.8 Å². The minimum Gasteiger partial charge on any atom is -0.392 e. The number of nitrogens with zero attached hydrogens (tertiary/aromatic N) is 1. The van der Waals surface area contributed by atoms with Crippen molar-refractivity contribution in [3.05, 3.63) is 0 Å². The molecule has 0 amide bonds. The Balaban J connectivity index is 1.48. The number of aliphatic hydroxyl groups excluding tert-OH is 3. The monoisotopic (exact) mass is 341 g/mol. The summed E-state index contributed by atoms with van der Waals surface area (Å²) in [5.74, 6) is 2.53. The van der Waals surface area contributed by atoms with Gasteiger partial charge in [-0.2, -0.15) is 0 Å². The molecule has 4 rings (SSSR count). The standard InChI is InChI=1S/C19H35NO4/c1-13(21)9-20(10-14(2)22)11-18(23)12-24-19-6-15-3-16(7-19)5-17(4-15)8-19/h13-18,21-23H,3-12H2,1-2H3/t13-,14+,15?,16?,17?,18-,19?/m0/s1. The molecule has 24 heavy (non-hydrogen) atoms. The third-order valence-corrected chi connectivity index (χ3v) is 6.08. The molecule has 0 heterocycles. The zero-order valence-corrected chi connectivity index (χ0v) is 15.2. The number of aliphatic hydroxyl groups is 3. The summed E-state index contributed by atoms with van der Waals surface area (Å²) in [6.07, 6.45) is 6.19. The molecule has 0 aromatic heterocycles. The lowest BCUT2D eigenvalue weighted by Gasteiger charge is -2.56. The van der Waals surface area contributed by atoms with Crippen molar-refractivity contribution in [2.75, 3.05) is 26.2 Å². The summed E-state index contributed by atoms with van der Waals surface area (Å²) < 4.78 is 6.31. The second-order valence-electron chi connectivity index (χ2n) is 8.98. The van der Waals surface area contributed by atoms with Gasteiger partial charge >= 0.3 is 0 Å². The molecular weight excluding hydrogens is 306 g/mol. The molecule has 0 unspecified atom stereocenters. The molecule has 3 N–H and O–H groups in total. The van der Waals surface area contributed by atoms with Crippen LogP contribution in [0.15, 0.2) is 0 Å². The first kappa shape index (κ1) is 18.6. The highest BCUT2D eigenvalue weighted by Crippen LogP contribution is 2.57. The normalized spacial score (nSPS) is 38.5. The van der Waals surface area contributed by atoms with E-state index in [2.05, 4.69) is 0 Å². The lowest BCUT2D eigenvalue weighted by molar-refractivity contribution is -0.176. The van der Waals surface area contributed by atoms with E-state index in [1.807, 2.05) is 4.90 Å². The van der Waals surface area contributed by atoms with Crippen LogP contribution >= 0.6 is 0 Å². The molecule has 140 valence electrons. The zero-order valence-electron chi connectivity index (χ0n) is 15.2. The van der Waals surface area contributed by atoms with Gasteiger partial charge in [-0.25, -0.2) is 0 Å². The van der Waals surface area contributed by atoms with Gasteiger partial charge in [-0.05, 0) is 70.1 Å². The smallest absolute Gasteiger partial charge is 0.0900 e. The van der Waals surface area contributed by atoms with Gasteiger partial charge in [0.2, 0.25) is 0 Å². The van der Waals surface area contributed by atoms with Crippen molar-refractivity contribution >= 4 is 0 Å². The van der Waals surface area contributed by atoms with E-state index in [-0.39, 0.29) is 5.60 Å². The number of hydrogen-bond donors (Lipinski definition) is 3. The molecule has 0 saturated heterocycles. The van der Waals surface area contributed by atoms with Crippen molar-refractivity contribution in [1.29, 1.82) is 0 Å². The first-order chi connectivity index (χ1) is 11.3. The predicted molar refractivity (Wildman–Crippen MR) is 92.7 cm³/mol. The number of hydrogen-bond acceptors (Lipinski definition) is 5. The lowest BCUT2D eigenvalue weighted by Crippen LogP contribution is -2.53. The Hall–Kier alpha value is -0.200. The molecule has 4 bridgehead atoms. The molecule has 3 atom stereocenters. The third-order valence-electron chi connectivity index (χ3n) is 6.08. The van der Waals surface area contributed by atoms with Crippen LogP contribution in [0.5, 0.6) is 0 Å². The molecule has 4 aliphatic carbocycles. The second-order valence-corrected chi connectivity index (χ2v) is 8.98. The molecular formula is C19H35NO4. The molecule has 0 spiro atoms. The fourth-order valence-corrected chi connectivity index (χ4v) is 5.80. The highest BCUT2D eigenvalue weighted by atomic mass is 16.5. The average Bonchev–Trinajstić information content (AvgIpc) is 2.42. The van der Waals surface area contributed by atoms with Crippen LogP contribution in [0.1, 0.15) is 52.4 Å². The van der Waals surface area contributed by atoms with Gasteiger partial charge in [0.05, 0.1) is 30.5 Å². The predicted octanol–water partition coefficient (Wildman–Crippen LogP) is 1.40. The van der Waals surface area contributed by atoms with Gasteiger partial charge in [-0.15, -0.1) is 0 Å². The zero-order chi connectivity index (χ0) is 17.3. The summed E-state index contributed by atoms with van der Waals surface area (Å²) in [5.41, 5.74) is 0.0229. The molecule has 4 fully saturated rings. The first-order valence-corrected chi connectivity index (χ1v) is 9.74. The highest BCUT2D eigenvalue weighted by molar-refractivity contribution is 5.03. The summed E-state index contributed by atoms with van der Waals surface area (Å²) in [6, 6.07) is 0. The average molecular weight is 341 g/mol. The fraction of sp³-hybridized carbons (Fsp3) is 1.00. The molecule has 4 saturated carbocycles. The maximum Gasteiger partial charge on any atom is 0.0900 e.